The second-order valence-electron chi connectivity index (χ2n) is 9.09. The normalized spacial score (nSPS) is 11.1. The van der Waals surface area contributed by atoms with Crippen molar-refractivity contribution >= 4 is 28.0 Å². The Morgan fingerprint density at radius 1 is 1.00 bits per heavy atom. The molecule has 2 aromatic carbocycles. The Kier molecular flexibility index (Phi) is 9.56. The molecule has 4 aromatic rings. The molecule has 5 heteroatoms. The molecule has 4 rings (SSSR count). The first kappa shape index (κ1) is 27.6. The van der Waals surface area contributed by atoms with Crippen LogP contribution in [-0.4, -0.2) is 39.8 Å². The molecule has 0 radical (unpaired) electrons. The zero-order valence-electron chi connectivity index (χ0n) is 23.2. The number of fused-ring (bicyclic) bond motifs is 1. The number of aromatic nitrogens is 3. The molecule has 0 bridgehead atoms. The van der Waals surface area contributed by atoms with E-state index in [1.54, 1.807) is 0 Å². The summed E-state index contributed by atoms with van der Waals surface area (Å²) in [5.41, 5.74) is 8.89. The van der Waals surface area contributed by atoms with E-state index in [-0.39, 0.29) is 0 Å². The Labute approximate surface area is 222 Å². The smallest absolute Gasteiger partial charge is 0.128 e. The maximum absolute atomic E-state index is 4.61. The van der Waals surface area contributed by atoms with Crippen molar-refractivity contribution in [3.63, 3.8) is 0 Å². The van der Waals surface area contributed by atoms with E-state index in [2.05, 4.69) is 104 Å². The van der Waals surface area contributed by atoms with Gasteiger partial charge in [-0.25, -0.2) is 4.68 Å². The predicted octanol–water partition coefficient (Wildman–Crippen LogP) is 7.41. The van der Waals surface area contributed by atoms with Gasteiger partial charge in [0.2, 0.25) is 0 Å². The fourth-order valence-electron chi connectivity index (χ4n) is 4.28. The van der Waals surface area contributed by atoms with Gasteiger partial charge in [-0.2, -0.15) is 5.10 Å². The summed E-state index contributed by atoms with van der Waals surface area (Å²) in [4.78, 5) is 5.56. The van der Waals surface area contributed by atoms with Crippen LogP contribution in [-0.2, 0) is 0 Å². The van der Waals surface area contributed by atoms with Gasteiger partial charge >= 0.3 is 0 Å². The summed E-state index contributed by atoms with van der Waals surface area (Å²) >= 11 is 0. The summed E-state index contributed by atoms with van der Waals surface area (Å²) < 4.78 is 1.97. The minimum absolute atomic E-state index is 0.802. The molecule has 0 spiro atoms. The number of hydrogen-bond acceptors (Lipinski definition) is 3. The maximum Gasteiger partial charge on any atom is 0.128 e. The molecule has 37 heavy (non-hydrogen) atoms. The molecule has 2 aromatic heterocycles. The fourth-order valence-corrected chi connectivity index (χ4v) is 4.28. The minimum Gasteiger partial charge on any atom is -0.374 e. The monoisotopic (exact) mass is 495 g/mol. The van der Waals surface area contributed by atoms with E-state index < -0.39 is 0 Å². The van der Waals surface area contributed by atoms with Crippen LogP contribution in [0.5, 0.6) is 0 Å². The summed E-state index contributed by atoms with van der Waals surface area (Å²) in [6, 6.07) is 16.7. The summed E-state index contributed by atoms with van der Waals surface area (Å²) in [7, 11) is 2.10. The zero-order valence-corrected chi connectivity index (χ0v) is 23.2. The molecular formula is C32H41N5. The number of aromatic amines is 1. The predicted molar refractivity (Wildman–Crippen MR) is 160 cm³/mol. The van der Waals surface area contributed by atoms with Crippen molar-refractivity contribution in [2.24, 2.45) is 0 Å². The first-order valence-electron chi connectivity index (χ1n) is 13.1. The summed E-state index contributed by atoms with van der Waals surface area (Å²) in [6.07, 6.45) is 6.99. The van der Waals surface area contributed by atoms with Crippen molar-refractivity contribution in [2.45, 2.75) is 41.0 Å². The summed E-state index contributed by atoms with van der Waals surface area (Å²) in [5, 5.41) is 9.41. The van der Waals surface area contributed by atoms with Crippen LogP contribution in [0.3, 0.4) is 0 Å². The molecule has 194 valence electrons. The number of H-pyrrole nitrogens is 1. The van der Waals surface area contributed by atoms with Crippen molar-refractivity contribution < 1.29 is 0 Å². The first-order chi connectivity index (χ1) is 17.9. The molecule has 0 aliphatic rings. The van der Waals surface area contributed by atoms with E-state index in [1.165, 1.54) is 10.9 Å². The van der Waals surface area contributed by atoms with E-state index in [0.717, 1.165) is 64.5 Å². The molecule has 0 aliphatic heterocycles. The lowest BCUT2D eigenvalue weighted by Gasteiger charge is -2.22. The van der Waals surface area contributed by atoms with Crippen molar-refractivity contribution in [1.82, 2.24) is 25.0 Å². The molecule has 0 amide bonds. The van der Waals surface area contributed by atoms with Crippen molar-refractivity contribution in [3.05, 3.63) is 108 Å². The van der Waals surface area contributed by atoms with Crippen molar-refractivity contribution in [2.75, 3.05) is 20.1 Å². The van der Waals surface area contributed by atoms with E-state index in [9.17, 15) is 0 Å². The molecule has 0 saturated carbocycles. The van der Waals surface area contributed by atoms with Crippen LogP contribution < -0.4 is 5.32 Å². The van der Waals surface area contributed by atoms with Gasteiger partial charge < -0.3 is 15.2 Å². The highest BCUT2D eigenvalue weighted by Gasteiger charge is 2.12. The van der Waals surface area contributed by atoms with Gasteiger partial charge in [-0.1, -0.05) is 69.5 Å². The number of rotatable bonds is 10. The molecule has 2 heterocycles. The standard InChI is InChI=1S/C30H35N5.C2H6/c1-21-12-7-8-13-26(21)22(2)18-30(35-24(4)23(3)19-33-35)31-16-11-17-34(6)25(5)28-20-32-29-15-10-9-14-27(28)29;1-2/h7-10,12-15,18-20,31-32H,2,5,11,16-17H2,1,3-4,6H3;1-2H3/b30-18-;. The largest absolute Gasteiger partial charge is 0.374 e. The maximum atomic E-state index is 4.61. The van der Waals surface area contributed by atoms with Gasteiger partial charge in [0, 0.05) is 54.2 Å². The Bertz CT molecular complexity index is 1390. The fraction of sp³-hybridized carbons (Fsp3) is 0.281. The third kappa shape index (κ3) is 6.42. The third-order valence-electron chi connectivity index (χ3n) is 6.62. The number of nitrogens with one attached hydrogen (secondary N) is 2. The zero-order chi connectivity index (χ0) is 26.9. The lowest BCUT2D eigenvalue weighted by molar-refractivity contribution is 0.464. The number of aryl methyl sites for hydroxylation is 2. The lowest BCUT2D eigenvalue weighted by Crippen LogP contribution is -2.25. The van der Waals surface area contributed by atoms with Gasteiger partial charge in [0.25, 0.3) is 0 Å². The lowest BCUT2D eigenvalue weighted by atomic mass is 10.0. The van der Waals surface area contributed by atoms with Gasteiger partial charge in [0.05, 0.1) is 6.20 Å². The molecular weight excluding hydrogens is 454 g/mol. The number of allylic oxidation sites excluding steroid dienone is 2. The van der Waals surface area contributed by atoms with Crippen LogP contribution in [0.2, 0.25) is 0 Å². The van der Waals surface area contributed by atoms with Crippen LogP contribution in [0.15, 0.2) is 80.2 Å². The Morgan fingerprint density at radius 2 is 1.70 bits per heavy atom. The van der Waals surface area contributed by atoms with Crippen molar-refractivity contribution in [1.29, 1.82) is 0 Å². The molecule has 0 unspecified atom stereocenters. The molecule has 0 aliphatic carbocycles. The third-order valence-corrected chi connectivity index (χ3v) is 6.62. The van der Waals surface area contributed by atoms with E-state index in [4.69, 9.17) is 0 Å². The topological polar surface area (TPSA) is 48.9 Å². The van der Waals surface area contributed by atoms with Crippen LogP contribution >= 0.6 is 0 Å². The van der Waals surface area contributed by atoms with Gasteiger partial charge in [0.15, 0.2) is 0 Å². The number of benzene rings is 2. The molecule has 0 fully saturated rings. The highest BCUT2D eigenvalue weighted by molar-refractivity contribution is 5.91. The second-order valence-corrected chi connectivity index (χ2v) is 9.09. The highest BCUT2D eigenvalue weighted by atomic mass is 15.3. The van der Waals surface area contributed by atoms with Gasteiger partial charge in [0.1, 0.15) is 5.82 Å². The Hall–Kier alpha value is -3.99. The average molecular weight is 496 g/mol. The molecule has 0 saturated heterocycles. The van der Waals surface area contributed by atoms with Gasteiger partial charge in [-0.05, 0) is 61.6 Å². The second kappa shape index (κ2) is 12.8. The quantitative estimate of drug-likeness (QED) is 0.178. The van der Waals surface area contributed by atoms with Gasteiger partial charge in [-0.3, -0.25) is 0 Å². The SMILES string of the molecule is C=C(/C=C(/NCCCN(C)C(=C)c1c[nH]c2ccccc12)n1ncc(C)c1C)c1ccccc1C.CC. The Morgan fingerprint density at radius 3 is 2.41 bits per heavy atom. The molecule has 2 N–H and O–H groups in total. The highest BCUT2D eigenvalue weighted by Crippen LogP contribution is 2.26. The van der Waals surface area contributed by atoms with Crippen LogP contribution in [0, 0.1) is 20.8 Å². The Balaban J connectivity index is 0.00000186. The van der Waals surface area contributed by atoms with E-state index in [0.29, 0.717) is 0 Å². The molecule has 5 nitrogen and oxygen atoms in total. The van der Waals surface area contributed by atoms with Crippen LogP contribution in [0.4, 0.5) is 0 Å². The van der Waals surface area contributed by atoms with E-state index in [1.807, 2.05) is 43.1 Å². The van der Waals surface area contributed by atoms with Crippen LogP contribution in [0.25, 0.3) is 28.0 Å². The number of para-hydroxylation sites is 1. The minimum atomic E-state index is 0.802. The average Bonchev–Trinajstić information content (AvgIpc) is 3.49. The summed E-state index contributed by atoms with van der Waals surface area (Å²) in [6.45, 7) is 20.7. The summed E-state index contributed by atoms with van der Waals surface area (Å²) in [5.74, 6) is 0.932. The van der Waals surface area contributed by atoms with Crippen LogP contribution in [0.1, 0.15) is 48.2 Å². The number of hydrogen-bond donors (Lipinski definition) is 2. The van der Waals surface area contributed by atoms with Gasteiger partial charge in [-0.15, -0.1) is 0 Å². The first-order valence-corrected chi connectivity index (χ1v) is 13.1. The molecule has 0 atom stereocenters. The van der Waals surface area contributed by atoms with E-state index >= 15 is 0 Å². The van der Waals surface area contributed by atoms with Crippen molar-refractivity contribution in [3.8, 4) is 0 Å². The number of nitrogens with zero attached hydrogens (tertiary/aromatic N) is 3.